The molecule has 2 rings (SSSR count). The van der Waals surface area contributed by atoms with Crippen LogP contribution in [-0.2, 0) is 4.79 Å². The van der Waals surface area contributed by atoms with Gasteiger partial charge in [-0.05, 0) is 45.6 Å². The monoisotopic (exact) mass is 268 g/mol. The second-order valence-electron chi connectivity index (χ2n) is 6.52. The average Bonchev–Trinajstić information content (AvgIpc) is 2.66. The molecule has 0 aromatic heterocycles. The lowest BCUT2D eigenvalue weighted by Crippen LogP contribution is -2.56. The highest BCUT2D eigenvalue weighted by Gasteiger charge is 2.41. The Morgan fingerprint density at radius 1 is 1.11 bits per heavy atom. The fourth-order valence-electron chi connectivity index (χ4n) is 3.78. The second kappa shape index (κ2) is 6.23. The van der Waals surface area contributed by atoms with E-state index in [0.29, 0.717) is 24.9 Å². The molecule has 4 nitrogen and oxygen atoms in total. The van der Waals surface area contributed by atoms with Gasteiger partial charge in [0.2, 0.25) is 0 Å². The van der Waals surface area contributed by atoms with Crippen LogP contribution < -0.4 is 5.73 Å². The molecule has 0 saturated heterocycles. The van der Waals surface area contributed by atoms with Gasteiger partial charge in [-0.15, -0.1) is 0 Å². The van der Waals surface area contributed by atoms with E-state index >= 15 is 0 Å². The molecular formula is C15H28N2O2. The minimum Gasteiger partial charge on any atom is -0.480 e. The highest BCUT2D eigenvalue weighted by Crippen LogP contribution is 2.32. The van der Waals surface area contributed by atoms with Crippen LogP contribution in [0.4, 0.5) is 0 Å². The lowest BCUT2D eigenvalue weighted by Gasteiger charge is -2.42. The molecule has 19 heavy (non-hydrogen) atoms. The number of nitrogens with zero attached hydrogens (tertiary/aromatic N) is 1. The van der Waals surface area contributed by atoms with Crippen molar-refractivity contribution in [3.05, 3.63) is 0 Å². The summed E-state index contributed by atoms with van der Waals surface area (Å²) in [4.78, 5) is 13.8. The number of carboxylic acid groups (broad SMARTS) is 1. The molecule has 0 aromatic rings. The van der Waals surface area contributed by atoms with Gasteiger partial charge in [-0.25, -0.2) is 0 Å². The van der Waals surface area contributed by atoms with Gasteiger partial charge in [0, 0.05) is 12.1 Å². The fraction of sp³-hybridized carbons (Fsp3) is 0.933. The second-order valence-corrected chi connectivity index (χ2v) is 6.52. The summed E-state index contributed by atoms with van der Waals surface area (Å²) >= 11 is 0. The summed E-state index contributed by atoms with van der Waals surface area (Å²) < 4.78 is 0. The Balaban J connectivity index is 1.98. The van der Waals surface area contributed by atoms with E-state index in [1.165, 1.54) is 38.5 Å². The largest absolute Gasteiger partial charge is 0.480 e. The number of hydrogen-bond donors (Lipinski definition) is 2. The van der Waals surface area contributed by atoms with Gasteiger partial charge in [0.15, 0.2) is 0 Å². The molecule has 0 spiro atoms. The molecule has 0 amide bonds. The van der Waals surface area contributed by atoms with Crippen LogP contribution in [-0.4, -0.2) is 40.6 Å². The average molecular weight is 268 g/mol. The number of hydrogen-bond acceptors (Lipinski definition) is 3. The van der Waals surface area contributed by atoms with E-state index in [4.69, 9.17) is 5.73 Å². The van der Waals surface area contributed by atoms with Crippen molar-refractivity contribution < 1.29 is 9.90 Å². The third-order valence-corrected chi connectivity index (χ3v) is 5.16. The zero-order valence-corrected chi connectivity index (χ0v) is 12.1. The molecule has 4 heteroatoms. The molecule has 2 fully saturated rings. The van der Waals surface area contributed by atoms with Gasteiger partial charge in [-0.1, -0.05) is 25.7 Å². The van der Waals surface area contributed by atoms with Crippen LogP contribution in [0.25, 0.3) is 0 Å². The normalized spacial score (nSPS) is 34.2. The van der Waals surface area contributed by atoms with E-state index in [-0.39, 0.29) is 0 Å². The van der Waals surface area contributed by atoms with Crippen molar-refractivity contribution in [1.82, 2.24) is 4.90 Å². The van der Waals surface area contributed by atoms with Gasteiger partial charge in [-0.2, -0.15) is 0 Å². The van der Waals surface area contributed by atoms with Crippen molar-refractivity contribution in [3.63, 3.8) is 0 Å². The molecule has 0 radical (unpaired) electrons. The minimum absolute atomic E-state index is 0.345. The number of carbonyl (C=O) groups is 1. The molecular weight excluding hydrogens is 240 g/mol. The summed E-state index contributed by atoms with van der Waals surface area (Å²) in [6.07, 6.45) is 11.1. The van der Waals surface area contributed by atoms with Crippen LogP contribution in [0.3, 0.4) is 0 Å². The lowest BCUT2D eigenvalue weighted by atomic mass is 9.78. The van der Waals surface area contributed by atoms with Gasteiger partial charge in [0.05, 0.1) is 0 Å². The fourth-order valence-corrected chi connectivity index (χ4v) is 3.78. The van der Waals surface area contributed by atoms with Gasteiger partial charge >= 0.3 is 5.97 Å². The molecule has 0 aliphatic heterocycles. The Labute approximate surface area is 116 Å². The van der Waals surface area contributed by atoms with Gasteiger partial charge in [0.1, 0.15) is 5.54 Å². The van der Waals surface area contributed by atoms with Crippen LogP contribution in [0.2, 0.25) is 0 Å². The highest BCUT2D eigenvalue weighted by atomic mass is 16.4. The van der Waals surface area contributed by atoms with E-state index in [1.54, 1.807) is 0 Å². The summed E-state index contributed by atoms with van der Waals surface area (Å²) in [6.45, 7) is 0. The number of rotatable bonds is 3. The third-order valence-electron chi connectivity index (χ3n) is 5.16. The Hall–Kier alpha value is -0.610. The standard InChI is InChI=1S/C15H28N2O2/c1-17(12-7-4-2-3-5-8-12)13-9-6-10-15(16,11-13)14(18)19/h12-13H,2-11,16H2,1H3,(H,18,19). The van der Waals surface area contributed by atoms with Crippen LogP contribution in [0.15, 0.2) is 0 Å². The molecule has 3 N–H and O–H groups in total. The molecule has 0 aromatic carbocycles. The first-order valence-corrected chi connectivity index (χ1v) is 7.77. The summed E-state index contributed by atoms with van der Waals surface area (Å²) in [5.74, 6) is -0.827. The van der Waals surface area contributed by atoms with Gasteiger partial charge < -0.3 is 15.7 Å². The molecule has 0 heterocycles. The number of aliphatic carboxylic acids is 1. The molecule has 2 atom stereocenters. The van der Waals surface area contributed by atoms with Crippen LogP contribution in [0, 0.1) is 0 Å². The van der Waals surface area contributed by atoms with E-state index in [9.17, 15) is 9.90 Å². The zero-order chi connectivity index (χ0) is 13.9. The Bertz CT molecular complexity index is 313. The van der Waals surface area contributed by atoms with E-state index < -0.39 is 11.5 Å². The van der Waals surface area contributed by atoms with E-state index in [0.717, 1.165) is 12.8 Å². The lowest BCUT2D eigenvalue weighted by molar-refractivity contribution is -0.145. The van der Waals surface area contributed by atoms with E-state index in [1.807, 2.05) is 0 Å². The molecule has 2 unspecified atom stereocenters. The highest BCUT2D eigenvalue weighted by molar-refractivity contribution is 5.78. The zero-order valence-electron chi connectivity index (χ0n) is 12.1. The first-order chi connectivity index (χ1) is 9.03. The number of carboxylic acids is 1. The van der Waals surface area contributed by atoms with Gasteiger partial charge in [0.25, 0.3) is 0 Å². The smallest absolute Gasteiger partial charge is 0.323 e. The third kappa shape index (κ3) is 3.48. The van der Waals surface area contributed by atoms with Crippen molar-refractivity contribution in [2.24, 2.45) is 5.73 Å². The first kappa shape index (κ1) is 14.8. The first-order valence-electron chi connectivity index (χ1n) is 7.77. The van der Waals surface area contributed by atoms with Gasteiger partial charge in [-0.3, -0.25) is 4.79 Å². The molecule has 110 valence electrons. The minimum atomic E-state index is -0.998. The Morgan fingerprint density at radius 2 is 1.68 bits per heavy atom. The topological polar surface area (TPSA) is 66.6 Å². The maximum absolute atomic E-state index is 11.3. The Kier molecular flexibility index (Phi) is 4.85. The van der Waals surface area contributed by atoms with Crippen molar-refractivity contribution in [1.29, 1.82) is 0 Å². The Morgan fingerprint density at radius 3 is 2.26 bits per heavy atom. The molecule has 2 saturated carbocycles. The SMILES string of the molecule is CN(C1CCCCCC1)C1CCCC(N)(C(=O)O)C1. The predicted molar refractivity (Wildman–Crippen MR) is 76.1 cm³/mol. The van der Waals surface area contributed by atoms with Crippen molar-refractivity contribution in [2.45, 2.75) is 81.8 Å². The molecule has 2 aliphatic rings. The van der Waals surface area contributed by atoms with Crippen LogP contribution >= 0.6 is 0 Å². The molecule has 0 bridgehead atoms. The van der Waals surface area contributed by atoms with Crippen molar-refractivity contribution >= 4 is 5.97 Å². The van der Waals surface area contributed by atoms with Crippen molar-refractivity contribution in [3.8, 4) is 0 Å². The van der Waals surface area contributed by atoms with Crippen LogP contribution in [0.1, 0.15) is 64.2 Å². The van der Waals surface area contributed by atoms with E-state index in [2.05, 4.69) is 11.9 Å². The summed E-state index contributed by atoms with van der Waals surface area (Å²) in [5, 5.41) is 9.31. The number of nitrogens with two attached hydrogens (primary N) is 1. The maximum atomic E-state index is 11.3. The maximum Gasteiger partial charge on any atom is 0.323 e. The summed E-state index contributed by atoms with van der Waals surface area (Å²) in [5.41, 5.74) is 5.07. The quantitative estimate of drug-likeness (QED) is 0.771. The van der Waals surface area contributed by atoms with Crippen LogP contribution in [0.5, 0.6) is 0 Å². The van der Waals surface area contributed by atoms with Crippen molar-refractivity contribution in [2.75, 3.05) is 7.05 Å². The summed E-state index contributed by atoms with van der Waals surface area (Å²) in [6, 6.07) is 0.974. The predicted octanol–water partition coefficient (Wildman–Crippen LogP) is 2.37. The summed E-state index contributed by atoms with van der Waals surface area (Å²) in [7, 11) is 2.17. The molecule has 2 aliphatic carbocycles.